The molecular weight excluding hydrogens is 427 g/mol. The monoisotopic (exact) mass is 460 g/mol. The molecule has 0 amide bonds. The first kappa shape index (κ1) is 17.8. The molecule has 5 aliphatic rings. The van der Waals surface area contributed by atoms with Gasteiger partial charge in [-0.2, -0.15) is 0 Å². The molecule has 0 nitrogen and oxygen atoms in total. The van der Waals surface area contributed by atoms with Crippen molar-refractivity contribution >= 4 is 22.6 Å². The molecule has 0 saturated heterocycles. The second-order valence-corrected chi connectivity index (χ2v) is 11.8. The Labute approximate surface area is 173 Å². The minimum absolute atomic E-state index is 0.402. The molecule has 0 aromatic heterocycles. The molecule has 0 radical (unpaired) electrons. The van der Waals surface area contributed by atoms with Gasteiger partial charge in [0.15, 0.2) is 0 Å². The molecule has 0 N–H and O–H groups in total. The van der Waals surface area contributed by atoms with E-state index in [2.05, 4.69) is 48.6 Å². The van der Waals surface area contributed by atoms with Gasteiger partial charge in [-0.25, -0.2) is 0 Å². The lowest BCUT2D eigenvalue weighted by Crippen LogP contribution is -2.26. The average Bonchev–Trinajstić information content (AvgIpc) is 2.89. The topological polar surface area (TPSA) is 0 Å². The van der Waals surface area contributed by atoms with Gasteiger partial charge in [0.05, 0.1) is 0 Å². The Bertz CT molecular complexity index is 742. The van der Waals surface area contributed by atoms with Crippen LogP contribution >= 0.6 is 22.6 Å². The van der Waals surface area contributed by atoms with Crippen LogP contribution in [0.15, 0.2) is 45.6 Å². The molecule has 0 bridgehead atoms. The van der Waals surface area contributed by atoms with Gasteiger partial charge in [-0.1, -0.05) is 70.9 Å². The minimum Gasteiger partial charge on any atom is -0.0823 e. The predicted octanol–water partition coefficient (Wildman–Crippen LogP) is 7.85. The maximum absolute atomic E-state index is 2.67. The van der Waals surface area contributed by atoms with Crippen LogP contribution in [-0.2, 0) is 0 Å². The van der Waals surface area contributed by atoms with Crippen LogP contribution in [0.4, 0.5) is 0 Å². The van der Waals surface area contributed by atoms with E-state index < -0.39 is 0 Å². The van der Waals surface area contributed by atoms with Gasteiger partial charge >= 0.3 is 0 Å². The molecule has 0 aliphatic heterocycles. The molecule has 26 heavy (non-hydrogen) atoms. The van der Waals surface area contributed by atoms with E-state index in [0.717, 1.165) is 15.8 Å². The van der Waals surface area contributed by atoms with Crippen LogP contribution in [0.2, 0.25) is 0 Å². The summed E-state index contributed by atoms with van der Waals surface area (Å²) >= 11 is 2.67. The summed E-state index contributed by atoms with van der Waals surface area (Å²) in [5, 5.41) is 0. The summed E-state index contributed by atoms with van der Waals surface area (Å²) in [5.74, 6) is 1.61. The Morgan fingerprint density at radius 2 is 1.65 bits per heavy atom. The molecule has 0 aromatic rings. The van der Waals surface area contributed by atoms with Crippen molar-refractivity contribution in [3.8, 4) is 0 Å². The van der Waals surface area contributed by atoms with E-state index in [0.29, 0.717) is 5.41 Å². The van der Waals surface area contributed by atoms with Gasteiger partial charge in [-0.15, -0.1) is 0 Å². The van der Waals surface area contributed by atoms with E-state index in [4.69, 9.17) is 0 Å². The summed E-state index contributed by atoms with van der Waals surface area (Å²) in [6.07, 6.45) is 20.4. The third kappa shape index (κ3) is 2.83. The highest BCUT2D eigenvalue weighted by Gasteiger charge is 2.46. The van der Waals surface area contributed by atoms with E-state index >= 15 is 0 Å². The fourth-order valence-electron chi connectivity index (χ4n) is 6.74. The molecular formula is C25H33I. The van der Waals surface area contributed by atoms with Crippen molar-refractivity contribution in [2.24, 2.45) is 17.3 Å². The zero-order valence-corrected chi connectivity index (χ0v) is 18.7. The molecule has 5 rings (SSSR count). The lowest BCUT2D eigenvalue weighted by atomic mass is 9.67. The fraction of sp³-hybridized carbons (Fsp3) is 0.680. The second-order valence-electron chi connectivity index (χ2n) is 9.99. The third-order valence-electron chi connectivity index (χ3n) is 8.30. The van der Waals surface area contributed by atoms with Gasteiger partial charge in [-0.3, -0.25) is 0 Å². The summed E-state index contributed by atoms with van der Waals surface area (Å²) in [4.78, 5) is 0. The van der Waals surface area contributed by atoms with Gasteiger partial charge in [0.2, 0.25) is 0 Å². The second kappa shape index (κ2) is 6.64. The summed E-state index contributed by atoms with van der Waals surface area (Å²) in [7, 11) is 0. The summed E-state index contributed by atoms with van der Waals surface area (Å²) in [5.41, 5.74) is 11.2. The first-order valence-corrected chi connectivity index (χ1v) is 12.3. The van der Waals surface area contributed by atoms with Crippen molar-refractivity contribution in [1.29, 1.82) is 0 Å². The summed E-state index contributed by atoms with van der Waals surface area (Å²) < 4.78 is 0.902. The molecule has 0 saturated carbocycles. The van der Waals surface area contributed by atoms with Gasteiger partial charge in [0, 0.05) is 3.92 Å². The summed E-state index contributed by atoms with van der Waals surface area (Å²) in [6.45, 7) is 5.09. The van der Waals surface area contributed by atoms with Gasteiger partial charge in [0.1, 0.15) is 0 Å². The maximum Gasteiger partial charge on any atom is 0.0150 e. The maximum atomic E-state index is 2.67. The highest BCUT2D eigenvalue weighted by atomic mass is 127. The van der Waals surface area contributed by atoms with E-state index in [9.17, 15) is 0 Å². The molecule has 0 spiro atoms. The number of halogens is 1. The Balaban J connectivity index is 1.40. The highest BCUT2D eigenvalue weighted by Crippen LogP contribution is 2.59. The van der Waals surface area contributed by atoms with E-state index in [1.165, 1.54) is 70.6 Å². The van der Waals surface area contributed by atoms with Crippen LogP contribution in [-0.4, -0.2) is 3.92 Å². The Hall–Kier alpha value is -0.310. The lowest BCUT2D eigenvalue weighted by Gasteiger charge is -2.38. The molecule has 3 atom stereocenters. The zero-order chi connectivity index (χ0) is 17.9. The van der Waals surface area contributed by atoms with Crippen LogP contribution in [0.3, 0.4) is 0 Å². The molecule has 0 aromatic carbocycles. The molecule has 3 unspecified atom stereocenters. The average molecular weight is 460 g/mol. The van der Waals surface area contributed by atoms with Crippen LogP contribution < -0.4 is 0 Å². The number of alkyl halides is 1. The largest absolute Gasteiger partial charge is 0.0823 e. The van der Waals surface area contributed by atoms with Crippen LogP contribution in [0, 0.1) is 17.3 Å². The van der Waals surface area contributed by atoms with Crippen molar-refractivity contribution in [2.45, 2.75) is 88.4 Å². The molecule has 1 heteroatoms. The third-order valence-corrected chi connectivity index (χ3v) is 9.36. The standard InChI is InChI=1S/C25H33I/c1-25(2)23-6-4-3-5-21(23)22-12-10-19(15-24(22)25)16-7-8-18-14-20(26)11-9-17(18)13-16/h10,12,16,20,24H,3-9,11,13-15H2,1-2H3. The van der Waals surface area contributed by atoms with Crippen LogP contribution in [0.1, 0.15) is 84.5 Å². The minimum atomic E-state index is 0.402. The normalized spacial score (nSPS) is 36.2. The quantitative estimate of drug-likeness (QED) is 0.212. The Morgan fingerprint density at radius 1 is 0.885 bits per heavy atom. The Morgan fingerprint density at radius 3 is 2.54 bits per heavy atom. The predicted molar refractivity (Wildman–Crippen MR) is 120 cm³/mol. The SMILES string of the molecule is CC1(C)C2=C(CCCC2)C2=CC=C(C3CCC4=C(CCC(I)C4)C3)CC21. The van der Waals surface area contributed by atoms with Crippen molar-refractivity contribution in [3.05, 3.63) is 45.6 Å². The number of rotatable bonds is 1. The number of fused-ring (bicyclic) bond motifs is 2. The van der Waals surface area contributed by atoms with Gasteiger partial charge < -0.3 is 0 Å². The van der Waals surface area contributed by atoms with Crippen molar-refractivity contribution in [2.75, 3.05) is 0 Å². The van der Waals surface area contributed by atoms with Gasteiger partial charge in [-0.05, 0) is 99.0 Å². The van der Waals surface area contributed by atoms with Crippen molar-refractivity contribution < 1.29 is 0 Å². The summed E-state index contributed by atoms with van der Waals surface area (Å²) in [6, 6.07) is 0. The smallest absolute Gasteiger partial charge is 0.0150 e. The molecule has 0 heterocycles. The first-order valence-electron chi connectivity index (χ1n) is 11.0. The van der Waals surface area contributed by atoms with Crippen LogP contribution in [0.25, 0.3) is 0 Å². The molecule has 140 valence electrons. The lowest BCUT2D eigenvalue weighted by molar-refractivity contribution is 0.303. The number of hydrogen-bond acceptors (Lipinski definition) is 0. The number of allylic oxidation sites excluding steroid dienone is 8. The van der Waals surface area contributed by atoms with E-state index in [-0.39, 0.29) is 0 Å². The highest BCUT2D eigenvalue weighted by molar-refractivity contribution is 14.1. The zero-order valence-electron chi connectivity index (χ0n) is 16.5. The first-order chi connectivity index (χ1) is 12.5. The number of hydrogen-bond donors (Lipinski definition) is 0. The molecule has 0 fully saturated rings. The van der Waals surface area contributed by atoms with Gasteiger partial charge in [0.25, 0.3) is 0 Å². The van der Waals surface area contributed by atoms with Crippen molar-refractivity contribution in [1.82, 2.24) is 0 Å². The fourth-order valence-corrected chi connectivity index (χ4v) is 7.58. The van der Waals surface area contributed by atoms with Crippen LogP contribution in [0.5, 0.6) is 0 Å². The van der Waals surface area contributed by atoms with E-state index in [1.54, 1.807) is 16.7 Å². The Kier molecular flexibility index (Phi) is 4.54. The molecule has 5 aliphatic carbocycles. The van der Waals surface area contributed by atoms with E-state index in [1.807, 2.05) is 16.7 Å². The van der Waals surface area contributed by atoms with Crippen molar-refractivity contribution in [3.63, 3.8) is 0 Å².